The first-order valence-electron chi connectivity index (χ1n) is 21.2. The van der Waals surface area contributed by atoms with Crippen molar-refractivity contribution in [3.63, 3.8) is 0 Å². The topological polar surface area (TPSA) is 61.7 Å². The van der Waals surface area contributed by atoms with Crippen LogP contribution in [0.25, 0.3) is 122 Å². The zero-order valence-corrected chi connectivity index (χ0v) is 33.9. The maximum atomic E-state index is 7.00. The van der Waals surface area contributed by atoms with Crippen LogP contribution in [0.15, 0.2) is 217 Å². The van der Waals surface area contributed by atoms with E-state index in [0.717, 1.165) is 77.3 Å². The lowest BCUT2D eigenvalue weighted by Gasteiger charge is -2.12. The van der Waals surface area contributed by atoms with Crippen LogP contribution in [0.1, 0.15) is 0 Å². The van der Waals surface area contributed by atoms with E-state index in [1.54, 1.807) is 0 Å². The largest absolute Gasteiger partial charge is 0.455 e. The summed E-state index contributed by atoms with van der Waals surface area (Å²) in [5.41, 5.74) is 13.4. The Morgan fingerprint density at radius 1 is 0.333 bits per heavy atom. The lowest BCUT2D eigenvalue weighted by atomic mass is 10.0. The maximum Gasteiger partial charge on any atom is 0.164 e. The van der Waals surface area contributed by atoms with Gasteiger partial charge < -0.3 is 13.6 Å². The molecule has 0 saturated carbocycles. The first-order chi connectivity index (χ1) is 31.2. The molecule has 0 aliphatic heterocycles. The number of fused-ring (bicyclic) bond motifs is 10. The van der Waals surface area contributed by atoms with Crippen LogP contribution < -0.4 is 0 Å². The summed E-state index contributed by atoms with van der Waals surface area (Å²) in [6.45, 7) is 0. The summed E-state index contributed by atoms with van der Waals surface area (Å²) in [7, 11) is 0. The Morgan fingerprint density at radius 2 is 0.921 bits per heavy atom. The Hall–Kier alpha value is -8.61. The minimum absolute atomic E-state index is 0.604. The summed E-state index contributed by atoms with van der Waals surface area (Å²) < 4.78 is 11.7. The summed E-state index contributed by atoms with van der Waals surface area (Å²) in [6.07, 6.45) is 0. The highest BCUT2D eigenvalue weighted by Crippen LogP contribution is 2.44. The number of para-hydroxylation sites is 3. The van der Waals surface area contributed by atoms with E-state index in [4.69, 9.17) is 19.4 Å². The number of aromatic nitrogens is 5. The highest BCUT2D eigenvalue weighted by molar-refractivity contribution is 6.24. The molecule has 63 heavy (non-hydrogen) atoms. The van der Waals surface area contributed by atoms with Gasteiger partial charge >= 0.3 is 0 Å². The molecule has 294 valence electrons. The molecule has 0 fully saturated rings. The molecule has 0 unspecified atom stereocenters. The third kappa shape index (κ3) is 5.55. The highest BCUT2D eigenvalue weighted by Gasteiger charge is 2.22. The number of nitrogens with zero attached hydrogens (tertiary/aromatic N) is 5. The first-order valence-corrected chi connectivity index (χ1v) is 21.2. The fourth-order valence-electron chi connectivity index (χ4n) is 9.53. The van der Waals surface area contributed by atoms with Crippen molar-refractivity contribution in [3.8, 4) is 56.7 Å². The van der Waals surface area contributed by atoms with Crippen LogP contribution in [0.5, 0.6) is 0 Å². The molecule has 9 aromatic carbocycles. The molecule has 0 spiro atoms. The van der Waals surface area contributed by atoms with Gasteiger partial charge in [0.25, 0.3) is 0 Å². The molecule has 0 aliphatic rings. The third-order valence-corrected chi connectivity index (χ3v) is 12.4. The molecule has 4 aromatic heterocycles. The summed E-state index contributed by atoms with van der Waals surface area (Å²) in [5.74, 6) is 1.86. The second kappa shape index (κ2) is 14.0. The Balaban J connectivity index is 1.06. The first kappa shape index (κ1) is 35.2. The summed E-state index contributed by atoms with van der Waals surface area (Å²) in [4.78, 5) is 15.1. The second-order valence-corrected chi connectivity index (χ2v) is 16.0. The molecule has 6 heteroatoms. The fraction of sp³-hybridized carbons (Fsp3) is 0. The van der Waals surface area contributed by atoms with Crippen molar-refractivity contribution in [1.29, 1.82) is 0 Å². The van der Waals surface area contributed by atoms with Crippen molar-refractivity contribution < 1.29 is 4.42 Å². The number of rotatable bonds is 6. The van der Waals surface area contributed by atoms with Gasteiger partial charge in [-0.25, -0.2) is 15.0 Å². The maximum absolute atomic E-state index is 7.00. The van der Waals surface area contributed by atoms with Crippen LogP contribution in [0.2, 0.25) is 0 Å². The molecular weight excluding hydrogens is 771 g/mol. The highest BCUT2D eigenvalue weighted by atomic mass is 16.3. The molecule has 13 aromatic rings. The molecule has 6 nitrogen and oxygen atoms in total. The molecule has 0 saturated heterocycles. The fourth-order valence-corrected chi connectivity index (χ4v) is 9.53. The summed E-state index contributed by atoms with van der Waals surface area (Å²) in [6, 6.07) is 74.4. The minimum Gasteiger partial charge on any atom is -0.455 e. The number of hydrogen-bond acceptors (Lipinski definition) is 4. The molecular formula is C57H35N5O. The lowest BCUT2D eigenvalue weighted by Crippen LogP contribution is -2.00. The zero-order valence-electron chi connectivity index (χ0n) is 33.9. The Labute approximate surface area is 361 Å². The zero-order chi connectivity index (χ0) is 41.4. The van der Waals surface area contributed by atoms with Crippen LogP contribution in [0.3, 0.4) is 0 Å². The van der Waals surface area contributed by atoms with E-state index in [0.29, 0.717) is 17.5 Å². The van der Waals surface area contributed by atoms with Gasteiger partial charge in [0.2, 0.25) is 0 Å². The quantitative estimate of drug-likeness (QED) is 0.168. The molecule has 0 radical (unpaired) electrons. The van der Waals surface area contributed by atoms with E-state index in [1.807, 2.05) is 60.7 Å². The van der Waals surface area contributed by atoms with Crippen molar-refractivity contribution in [2.75, 3.05) is 0 Å². The molecule has 0 N–H and O–H groups in total. The van der Waals surface area contributed by atoms with Gasteiger partial charge in [0.05, 0.1) is 27.5 Å². The normalized spacial score (nSPS) is 11.8. The van der Waals surface area contributed by atoms with Gasteiger partial charge in [0.15, 0.2) is 17.5 Å². The minimum atomic E-state index is 0.604. The standard InChI is InChI=1S/C57H35N5O/c1-5-16-36(17-6-1)42-25-15-26-44-43-24-13-14-27-48(43)62(53(42)44)41-29-33-51-46(35-41)45-30-32-50-52(54(45)63-51)47-34-39(28-31-49(47)61(50)40-22-11-4-12-23-40)57-59-55(37-18-7-2-8-19-37)58-56(60-57)38-20-9-3-10-21-38/h1-35H. The average Bonchev–Trinajstić information content (AvgIpc) is 4.02. The van der Waals surface area contributed by atoms with Gasteiger partial charge in [-0.2, -0.15) is 0 Å². The molecule has 4 heterocycles. The van der Waals surface area contributed by atoms with Gasteiger partial charge in [-0.05, 0) is 72.3 Å². The molecule has 13 rings (SSSR count). The van der Waals surface area contributed by atoms with Crippen molar-refractivity contribution in [1.82, 2.24) is 24.1 Å². The van der Waals surface area contributed by atoms with Crippen LogP contribution in [0.4, 0.5) is 0 Å². The number of furan rings is 1. The average molecular weight is 806 g/mol. The molecule has 0 bridgehead atoms. The SMILES string of the molecule is c1ccc(-c2nc(-c3ccccc3)nc(-c3ccc4c(c3)c3c5oc6ccc(-n7c8ccccc8c8cccc(-c9ccccc9)c87)cc6c5ccc3n4-c3ccccc3)n2)cc1. The van der Waals surface area contributed by atoms with Crippen molar-refractivity contribution in [2.45, 2.75) is 0 Å². The monoisotopic (exact) mass is 805 g/mol. The van der Waals surface area contributed by atoms with E-state index in [9.17, 15) is 0 Å². The lowest BCUT2D eigenvalue weighted by molar-refractivity contribution is 0.673. The van der Waals surface area contributed by atoms with Crippen molar-refractivity contribution in [2.24, 2.45) is 0 Å². The molecule has 0 atom stereocenters. The molecule has 0 amide bonds. The van der Waals surface area contributed by atoms with Crippen molar-refractivity contribution in [3.05, 3.63) is 212 Å². The van der Waals surface area contributed by atoms with Gasteiger partial charge in [-0.3, -0.25) is 0 Å². The Kier molecular flexibility index (Phi) is 7.80. The smallest absolute Gasteiger partial charge is 0.164 e. The van der Waals surface area contributed by atoms with E-state index in [-0.39, 0.29) is 0 Å². The van der Waals surface area contributed by atoms with Gasteiger partial charge in [-0.1, -0.05) is 146 Å². The second-order valence-electron chi connectivity index (χ2n) is 16.0. The number of hydrogen-bond donors (Lipinski definition) is 0. The molecule has 0 aliphatic carbocycles. The van der Waals surface area contributed by atoms with E-state index in [1.165, 1.54) is 27.4 Å². The Morgan fingerprint density at radius 3 is 1.63 bits per heavy atom. The third-order valence-electron chi connectivity index (χ3n) is 12.4. The van der Waals surface area contributed by atoms with Crippen LogP contribution in [-0.4, -0.2) is 24.1 Å². The summed E-state index contributed by atoms with van der Waals surface area (Å²) in [5, 5.41) is 6.64. The van der Waals surface area contributed by atoms with E-state index < -0.39 is 0 Å². The number of benzene rings is 9. The van der Waals surface area contributed by atoms with Crippen LogP contribution in [0, 0.1) is 0 Å². The van der Waals surface area contributed by atoms with Crippen molar-refractivity contribution >= 4 is 65.6 Å². The van der Waals surface area contributed by atoms with Gasteiger partial charge in [-0.15, -0.1) is 0 Å². The summed E-state index contributed by atoms with van der Waals surface area (Å²) >= 11 is 0. The van der Waals surface area contributed by atoms with E-state index >= 15 is 0 Å². The van der Waals surface area contributed by atoms with Crippen LogP contribution in [-0.2, 0) is 0 Å². The van der Waals surface area contributed by atoms with Gasteiger partial charge in [0.1, 0.15) is 11.2 Å². The Bertz CT molecular complexity index is 3830. The van der Waals surface area contributed by atoms with E-state index in [2.05, 4.69) is 161 Å². The van der Waals surface area contributed by atoms with Gasteiger partial charge in [0, 0.05) is 60.6 Å². The van der Waals surface area contributed by atoms with Crippen LogP contribution >= 0.6 is 0 Å². The predicted octanol–water partition coefficient (Wildman–Crippen LogP) is 14.6. The predicted molar refractivity (Wildman–Crippen MR) is 258 cm³/mol.